The highest BCUT2D eigenvalue weighted by Crippen LogP contribution is 2.35. The van der Waals surface area contributed by atoms with Crippen molar-refractivity contribution < 1.29 is 18.3 Å². The van der Waals surface area contributed by atoms with Crippen LogP contribution in [0.2, 0.25) is 5.02 Å². The number of nitrogen functional groups attached to an aromatic ring is 1. The van der Waals surface area contributed by atoms with Gasteiger partial charge in [0.25, 0.3) is 0 Å². The van der Waals surface area contributed by atoms with Gasteiger partial charge in [-0.15, -0.1) is 0 Å². The lowest BCUT2D eigenvalue weighted by atomic mass is 10.1. The van der Waals surface area contributed by atoms with Crippen LogP contribution in [0.1, 0.15) is 12.8 Å². The third kappa shape index (κ3) is 4.62. The highest BCUT2D eigenvalue weighted by Gasteiger charge is 2.23. The van der Waals surface area contributed by atoms with Gasteiger partial charge in [0.2, 0.25) is 0 Å². The Bertz CT molecular complexity index is 1100. The lowest BCUT2D eigenvalue weighted by molar-refractivity contribution is 0.112. The van der Waals surface area contributed by atoms with Crippen LogP contribution >= 0.6 is 11.6 Å². The van der Waals surface area contributed by atoms with Crippen LogP contribution in [0, 0.1) is 11.6 Å². The zero-order valence-electron chi connectivity index (χ0n) is 16.4. The summed E-state index contributed by atoms with van der Waals surface area (Å²) in [5.41, 5.74) is 7.06. The summed E-state index contributed by atoms with van der Waals surface area (Å²) in [4.78, 5) is 12.5. The molecule has 0 unspecified atom stereocenters. The van der Waals surface area contributed by atoms with Crippen molar-refractivity contribution in [3.05, 3.63) is 59.1 Å². The number of anilines is 2. The van der Waals surface area contributed by atoms with Crippen LogP contribution in [0.5, 0.6) is 0 Å². The molecule has 7 nitrogen and oxygen atoms in total. The van der Waals surface area contributed by atoms with E-state index < -0.39 is 17.7 Å². The summed E-state index contributed by atoms with van der Waals surface area (Å²) in [5.74, 6) is -1.42. The quantitative estimate of drug-likeness (QED) is 0.542. The highest BCUT2D eigenvalue weighted by molar-refractivity contribution is 6.30. The molecule has 2 amide bonds. The Labute approximate surface area is 182 Å². The molecular weight excluding hydrogens is 428 g/mol. The van der Waals surface area contributed by atoms with Crippen molar-refractivity contribution in [3.8, 4) is 16.9 Å². The molecule has 2 heterocycles. The van der Waals surface area contributed by atoms with Crippen LogP contribution in [0.15, 0.2) is 42.5 Å². The first-order chi connectivity index (χ1) is 14.9. The van der Waals surface area contributed by atoms with Crippen molar-refractivity contribution >= 4 is 29.1 Å². The summed E-state index contributed by atoms with van der Waals surface area (Å²) in [5, 5.41) is 10.3. The molecule has 1 aliphatic rings. The first-order valence-corrected chi connectivity index (χ1v) is 10.1. The Hall–Kier alpha value is -3.17. The molecule has 0 saturated carbocycles. The van der Waals surface area contributed by atoms with Crippen molar-refractivity contribution in [1.29, 1.82) is 0 Å². The fourth-order valence-corrected chi connectivity index (χ4v) is 3.49. The van der Waals surface area contributed by atoms with Crippen LogP contribution in [0.3, 0.4) is 0 Å². The second kappa shape index (κ2) is 8.91. The van der Waals surface area contributed by atoms with Gasteiger partial charge in [0.15, 0.2) is 5.82 Å². The maximum absolute atomic E-state index is 14.4. The van der Waals surface area contributed by atoms with Gasteiger partial charge < -0.3 is 21.1 Å². The van der Waals surface area contributed by atoms with Crippen LogP contribution < -0.4 is 16.4 Å². The highest BCUT2D eigenvalue weighted by atomic mass is 35.5. The second-order valence-corrected chi connectivity index (χ2v) is 7.53. The number of hydrogen-bond donors (Lipinski definition) is 3. The van der Waals surface area contributed by atoms with Gasteiger partial charge in [-0.2, -0.15) is 5.10 Å². The summed E-state index contributed by atoms with van der Waals surface area (Å²) in [6.07, 6.45) is 1.78. The molecular formula is C21H20ClF2N5O2. The van der Waals surface area contributed by atoms with Gasteiger partial charge in [-0.3, -0.25) is 0 Å². The van der Waals surface area contributed by atoms with E-state index in [9.17, 15) is 13.6 Å². The number of nitrogens with one attached hydrogen (secondary N) is 2. The maximum atomic E-state index is 14.4. The lowest BCUT2D eigenvalue weighted by Gasteiger charge is -2.12. The molecule has 1 aromatic heterocycles. The zero-order valence-corrected chi connectivity index (χ0v) is 17.1. The normalized spacial score (nSPS) is 15.8. The number of benzene rings is 2. The fraction of sp³-hybridized carbons (Fsp3) is 0.238. The molecule has 2 aromatic carbocycles. The van der Waals surface area contributed by atoms with E-state index in [1.165, 1.54) is 0 Å². The number of urea groups is 1. The number of nitrogens with zero attached hydrogens (tertiary/aromatic N) is 2. The van der Waals surface area contributed by atoms with Gasteiger partial charge in [-0.25, -0.2) is 18.3 Å². The molecule has 0 bridgehead atoms. The number of hydrogen-bond acceptors (Lipinski definition) is 4. The zero-order chi connectivity index (χ0) is 22.0. The van der Waals surface area contributed by atoms with E-state index in [2.05, 4.69) is 15.7 Å². The molecule has 162 valence electrons. The van der Waals surface area contributed by atoms with Crippen LogP contribution in [0.25, 0.3) is 16.9 Å². The largest absolute Gasteiger partial charge is 0.382 e. The smallest absolute Gasteiger partial charge is 0.319 e. The summed E-state index contributed by atoms with van der Waals surface area (Å²) >= 11 is 5.96. The molecule has 0 radical (unpaired) electrons. The van der Waals surface area contributed by atoms with Crippen LogP contribution in [0.4, 0.5) is 25.1 Å². The SMILES string of the molecule is Nc1c(NC(=O)NC[C@H]2CCCO2)c(-c2ccc(Cl)cc2)nn1-c1cc(F)ccc1F. The van der Waals surface area contributed by atoms with Crippen LogP contribution in [-0.2, 0) is 4.74 Å². The molecule has 0 aliphatic carbocycles. The van der Waals surface area contributed by atoms with Crippen molar-refractivity contribution in [1.82, 2.24) is 15.1 Å². The fourth-order valence-electron chi connectivity index (χ4n) is 3.37. The van der Waals surface area contributed by atoms with Crippen LogP contribution in [-0.4, -0.2) is 35.1 Å². The molecule has 4 N–H and O–H groups in total. The molecule has 0 spiro atoms. The Morgan fingerprint density at radius 1 is 1.26 bits per heavy atom. The Morgan fingerprint density at radius 3 is 2.74 bits per heavy atom. The Morgan fingerprint density at radius 2 is 2.03 bits per heavy atom. The molecule has 1 saturated heterocycles. The average molecular weight is 448 g/mol. The minimum atomic E-state index is -0.715. The van der Waals surface area contributed by atoms with Crippen molar-refractivity contribution in [2.75, 3.05) is 24.2 Å². The van der Waals surface area contributed by atoms with Gasteiger partial charge >= 0.3 is 6.03 Å². The van der Waals surface area contributed by atoms with Gasteiger partial charge in [0, 0.05) is 29.8 Å². The number of ether oxygens (including phenoxy) is 1. The Kier molecular flexibility index (Phi) is 6.06. The van der Waals surface area contributed by atoms with Gasteiger partial charge in [0.05, 0.1) is 6.10 Å². The van der Waals surface area contributed by atoms with Crippen molar-refractivity contribution in [2.45, 2.75) is 18.9 Å². The van der Waals surface area contributed by atoms with E-state index >= 15 is 0 Å². The number of halogens is 3. The predicted molar refractivity (Wildman–Crippen MR) is 114 cm³/mol. The first kappa shape index (κ1) is 21.1. The molecule has 4 rings (SSSR count). The Balaban J connectivity index is 1.69. The maximum Gasteiger partial charge on any atom is 0.319 e. The van der Waals surface area contributed by atoms with E-state index in [-0.39, 0.29) is 29.0 Å². The number of carbonyl (C=O) groups excluding carboxylic acids is 1. The van der Waals surface area contributed by atoms with E-state index in [0.717, 1.165) is 35.7 Å². The minimum absolute atomic E-state index is 0.0389. The molecule has 1 aliphatic heterocycles. The summed E-state index contributed by atoms with van der Waals surface area (Å²) < 4.78 is 34.7. The van der Waals surface area contributed by atoms with E-state index in [1.807, 2.05) is 0 Å². The van der Waals surface area contributed by atoms with Crippen molar-refractivity contribution in [3.63, 3.8) is 0 Å². The standard InChI is InChI=1S/C21H20ClF2N5O2/c22-13-5-3-12(4-6-13)18-19(27-21(30)26-11-15-2-1-9-31-15)20(25)29(28-18)17-10-14(23)7-8-16(17)24/h3-8,10,15H,1-2,9,11,25H2,(H2,26,27,30)/t15-/m1/s1. The molecule has 3 aromatic rings. The lowest BCUT2D eigenvalue weighted by Crippen LogP contribution is -2.35. The van der Waals surface area contributed by atoms with Gasteiger partial charge in [-0.05, 0) is 37.1 Å². The third-order valence-corrected chi connectivity index (χ3v) is 5.18. The first-order valence-electron chi connectivity index (χ1n) is 9.68. The van der Waals surface area contributed by atoms with Gasteiger partial charge in [-0.1, -0.05) is 23.7 Å². The molecule has 1 atom stereocenters. The number of carbonyl (C=O) groups is 1. The third-order valence-electron chi connectivity index (χ3n) is 4.93. The van der Waals surface area contributed by atoms with E-state index in [1.54, 1.807) is 24.3 Å². The number of aromatic nitrogens is 2. The monoisotopic (exact) mass is 447 g/mol. The van der Waals surface area contributed by atoms with Gasteiger partial charge in [0.1, 0.15) is 28.7 Å². The number of nitrogens with two attached hydrogens (primary N) is 1. The average Bonchev–Trinajstić information content (AvgIpc) is 3.38. The number of rotatable bonds is 5. The number of amides is 2. The van der Waals surface area contributed by atoms with E-state index in [4.69, 9.17) is 22.1 Å². The second-order valence-electron chi connectivity index (χ2n) is 7.09. The topological polar surface area (TPSA) is 94.2 Å². The molecule has 10 heteroatoms. The summed E-state index contributed by atoms with van der Waals surface area (Å²) in [6.45, 7) is 1.02. The summed E-state index contributed by atoms with van der Waals surface area (Å²) in [6, 6.07) is 9.11. The summed E-state index contributed by atoms with van der Waals surface area (Å²) in [7, 11) is 0. The van der Waals surface area contributed by atoms with Crippen molar-refractivity contribution in [2.24, 2.45) is 0 Å². The predicted octanol–water partition coefficient (Wildman–Crippen LogP) is 4.35. The molecule has 1 fully saturated rings. The minimum Gasteiger partial charge on any atom is -0.382 e. The van der Waals surface area contributed by atoms with E-state index in [0.29, 0.717) is 23.7 Å². The molecule has 31 heavy (non-hydrogen) atoms.